The van der Waals surface area contributed by atoms with Crippen LogP contribution in [-0.4, -0.2) is 5.11 Å². The van der Waals surface area contributed by atoms with Crippen LogP contribution in [0.3, 0.4) is 0 Å². The third kappa shape index (κ3) is 5.16. The second-order valence-electron chi connectivity index (χ2n) is 9.12. The van der Waals surface area contributed by atoms with Gasteiger partial charge in [0.05, 0.1) is 5.54 Å². The largest absolute Gasteiger partial charge is 0.398 e. The molecule has 0 amide bonds. The fraction of sp³-hybridized carbons (Fsp3) is 0.0909. The molecule has 0 bridgehead atoms. The smallest absolute Gasteiger partial charge is 0.106 e. The summed E-state index contributed by atoms with van der Waals surface area (Å²) < 4.78 is 0. The van der Waals surface area contributed by atoms with Gasteiger partial charge in [-0.25, -0.2) is 0 Å². The van der Waals surface area contributed by atoms with Crippen molar-refractivity contribution in [2.45, 2.75) is 18.2 Å². The Bertz CT molecular complexity index is 1360. The van der Waals surface area contributed by atoms with E-state index in [4.69, 9.17) is 17.3 Å². The molecule has 184 valence electrons. The lowest BCUT2D eigenvalue weighted by atomic mass is 9.77. The number of benzene rings is 5. The minimum Gasteiger partial charge on any atom is -0.398 e. The Morgan fingerprint density at radius 3 is 1.76 bits per heavy atom. The van der Waals surface area contributed by atoms with Gasteiger partial charge in [-0.15, -0.1) is 0 Å². The van der Waals surface area contributed by atoms with Gasteiger partial charge < -0.3 is 10.8 Å². The molecule has 1 atom stereocenters. The van der Waals surface area contributed by atoms with Crippen LogP contribution in [0.15, 0.2) is 133 Å². The van der Waals surface area contributed by atoms with Crippen LogP contribution in [-0.2, 0) is 12.1 Å². The molecule has 0 aromatic heterocycles. The second-order valence-corrected chi connectivity index (χ2v) is 9.56. The van der Waals surface area contributed by atoms with Crippen molar-refractivity contribution >= 4 is 17.3 Å². The molecule has 37 heavy (non-hydrogen) atoms. The van der Waals surface area contributed by atoms with Gasteiger partial charge in [-0.3, -0.25) is 5.32 Å². The predicted octanol–water partition coefficient (Wildman–Crippen LogP) is 7.09. The van der Waals surface area contributed by atoms with Crippen molar-refractivity contribution in [3.05, 3.63) is 172 Å². The minimum atomic E-state index is -0.874. The van der Waals surface area contributed by atoms with Gasteiger partial charge in [0.1, 0.15) is 6.10 Å². The van der Waals surface area contributed by atoms with Crippen LogP contribution in [0.4, 0.5) is 5.69 Å². The van der Waals surface area contributed by atoms with Crippen LogP contribution in [0.25, 0.3) is 0 Å². The Labute approximate surface area is 223 Å². The van der Waals surface area contributed by atoms with Crippen LogP contribution >= 0.6 is 11.6 Å². The zero-order valence-electron chi connectivity index (χ0n) is 20.4. The van der Waals surface area contributed by atoms with Crippen LogP contribution in [0, 0.1) is 0 Å². The molecule has 5 aromatic carbocycles. The van der Waals surface area contributed by atoms with Gasteiger partial charge >= 0.3 is 0 Å². The van der Waals surface area contributed by atoms with Gasteiger partial charge in [-0.2, -0.15) is 0 Å². The third-order valence-corrected chi connectivity index (χ3v) is 7.02. The number of anilines is 1. The monoisotopic (exact) mass is 504 g/mol. The van der Waals surface area contributed by atoms with E-state index in [2.05, 4.69) is 84.2 Å². The molecule has 0 aliphatic heterocycles. The summed E-state index contributed by atoms with van der Waals surface area (Å²) in [6.07, 6.45) is -0.874. The molecule has 0 aliphatic carbocycles. The molecule has 5 aromatic rings. The summed E-state index contributed by atoms with van der Waals surface area (Å²) in [5.74, 6) is 0. The first kappa shape index (κ1) is 24.8. The van der Waals surface area contributed by atoms with Crippen molar-refractivity contribution in [3.63, 3.8) is 0 Å². The zero-order valence-corrected chi connectivity index (χ0v) is 21.1. The van der Waals surface area contributed by atoms with Crippen molar-refractivity contribution in [3.8, 4) is 0 Å². The van der Waals surface area contributed by atoms with E-state index >= 15 is 0 Å². The van der Waals surface area contributed by atoms with E-state index in [0.29, 0.717) is 22.8 Å². The van der Waals surface area contributed by atoms with Gasteiger partial charge in [-0.05, 0) is 46.0 Å². The first-order chi connectivity index (χ1) is 18.1. The van der Waals surface area contributed by atoms with E-state index in [1.807, 2.05) is 36.4 Å². The van der Waals surface area contributed by atoms with Crippen molar-refractivity contribution in [2.75, 3.05) is 5.73 Å². The van der Waals surface area contributed by atoms with Gasteiger partial charge in [-0.1, -0.05) is 127 Å². The lowest BCUT2D eigenvalue weighted by molar-refractivity contribution is 0.221. The molecule has 5 rings (SSSR count). The highest BCUT2D eigenvalue weighted by Gasteiger charge is 2.35. The molecule has 0 spiro atoms. The maximum absolute atomic E-state index is 11.1. The van der Waals surface area contributed by atoms with E-state index < -0.39 is 11.6 Å². The number of halogens is 1. The molecule has 1 unspecified atom stereocenters. The molecule has 0 saturated heterocycles. The molecule has 0 heterocycles. The molecule has 0 aliphatic rings. The normalized spacial score (nSPS) is 12.3. The molecule has 4 heteroatoms. The summed E-state index contributed by atoms with van der Waals surface area (Å²) in [5.41, 5.74) is 11.9. The van der Waals surface area contributed by atoms with E-state index in [1.54, 1.807) is 18.2 Å². The van der Waals surface area contributed by atoms with Crippen LogP contribution < -0.4 is 11.1 Å². The number of hydrogen-bond acceptors (Lipinski definition) is 3. The lowest BCUT2D eigenvalue weighted by Crippen LogP contribution is -2.44. The van der Waals surface area contributed by atoms with E-state index in [9.17, 15) is 5.11 Å². The summed E-state index contributed by atoms with van der Waals surface area (Å²) in [5, 5.41) is 15.6. The lowest BCUT2D eigenvalue weighted by Gasteiger charge is -2.37. The number of rotatable bonds is 8. The summed E-state index contributed by atoms with van der Waals surface area (Å²) >= 11 is 6.18. The highest BCUT2D eigenvalue weighted by molar-refractivity contribution is 6.30. The quantitative estimate of drug-likeness (QED) is 0.156. The Morgan fingerprint density at radius 1 is 0.676 bits per heavy atom. The van der Waals surface area contributed by atoms with Crippen molar-refractivity contribution in [2.24, 2.45) is 0 Å². The Balaban J connectivity index is 1.54. The van der Waals surface area contributed by atoms with Gasteiger partial charge in [0.25, 0.3) is 0 Å². The average Bonchev–Trinajstić information content (AvgIpc) is 2.96. The summed E-state index contributed by atoms with van der Waals surface area (Å²) in [6, 6.07) is 44.7. The van der Waals surface area contributed by atoms with E-state index in [0.717, 1.165) is 27.8 Å². The maximum Gasteiger partial charge on any atom is 0.106 e. The number of aliphatic hydroxyl groups is 1. The van der Waals surface area contributed by atoms with Crippen LogP contribution in [0.2, 0.25) is 5.02 Å². The Morgan fingerprint density at radius 2 is 1.22 bits per heavy atom. The number of nitrogens with one attached hydrogen (secondary N) is 1. The summed E-state index contributed by atoms with van der Waals surface area (Å²) in [7, 11) is 0. The zero-order chi connectivity index (χ0) is 25.7. The molecule has 0 saturated carbocycles. The molecule has 3 nitrogen and oxygen atoms in total. The molecular weight excluding hydrogens is 476 g/mol. The number of nitrogen functional groups attached to an aromatic ring is 1. The first-order valence-corrected chi connectivity index (χ1v) is 12.7. The van der Waals surface area contributed by atoms with Crippen LogP contribution in [0.1, 0.15) is 39.5 Å². The SMILES string of the molecule is Nc1ccc(Cl)cc1C(O)c1cccc(CNC(c2ccccc2)(c2ccccc2)c2ccccc2)c1. The fourth-order valence-electron chi connectivity index (χ4n) is 4.94. The number of nitrogens with two attached hydrogens (primary N) is 1. The molecular formula is C33H29ClN2O. The van der Waals surface area contributed by atoms with Crippen molar-refractivity contribution < 1.29 is 5.11 Å². The highest BCUT2D eigenvalue weighted by Crippen LogP contribution is 2.37. The highest BCUT2D eigenvalue weighted by atomic mass is 35.5. The van der Waals surface area contributed by atoms with E-state index in [-0.39, 0.29) is 0 Å². The predicted molar refractivity (Wildman–Crippen MR) is 152 cm³/mol. The topological polar surface area (TPSA) is 58.3 Å². The molecule has 0 radical (unpaired) electrons. The third-order valence-electron chi connectivity index (χ3n) is 6.79. The minimum absolute atomic E-state index is 0.511. The standard InChI is InChI=1S/C33H29ClN2O/c34-29-19-20-31(35)30(22-29)32(37)25-12-10-11-24(21-25)23-36-33(26-13-4-1-5-14-26,27-15-6-2-7-16-27)28-17-8-3-9-18-28/h1-22,32,36-37H,23,35H2. The molecule has 4 N–H and O–H groups in total. The van der Waals surface area contributed by atoms with Crippen molar-refractivity contribution in [1.29, 1.82) is 0 Å². The second kappa shape index (κ2) is 11.0. The maximum atomic E-state index is 11.1. The van der Waals surface area contributed by atoms with Gasteiger partial charge in [0, 0.05) is 22.8 Å². The van der Waals surface area contributed by atoms with Gasteiger partial charge in [0.15, 0.2) is 0 Å². The summed E-state index contributed by atoms with van der Waals surface area (Å²) in [4.78, 5) is 0. The van der Waals surface area contributed by atoms with Crippen molar-refractivity contribution in [1.82, 2.24) is 5.32 Å². The number of hydrogen-bond donors (Lipinski definition) is 3. The number of aliphatic hydroxyl groups excluding tert-OH is 1. The Kier molecular flexibility index (Phi) is 7.38. The Hall–Kier alpha value is -3.89. The fourth-order valence-corrected chi connectivity index (χ4v) is 5.12. The average molecular weight is 505 g/mol. The van der Waals surface area contributed by atoms with E-state index in [1.165, 1.54) is 0 Å². The summed E-state index contributed by atoms with van der Waals surface area (Å²) in [6.45, 7) is 0.574. The van der Waals surface area contributed by atoms with Gasteiger partial charge in [0.2, 0.25) is 0 Å². The molecule has 0 fully saturated rings. The first-order valence-electron chi connectivity index (χ1n) is 12.3. The van der Waals surface area contributed by atoms with Crippen LogP contribution in [0.5, 0.6) is 0 Å².